The largest absolute Gasteiger partial charge is 0.478 e. The average molecular weight is 221 g/mol. The number of carbonyl (C=O) groups excluding carboxylic acids is 1. The third-order valence-electron chi connectivity index (χ3n) is 1.83. The van der Waals surface area contributed by atoms with E-state index >= 15 is 0 Å². The fourth-order valence-corrected chi connectivity index (χ4v) is 1.14. The molecule has 0 aliphatic rings. The number of carboxylic acid groups (broad SMARTS) is 1. The van der Waals surface area contributed by atoms with Crippen molar-refractivity contribution in [2.24, 2.45) is 0 Å². The Balaban J connectivity index is 3.31. The summed E-state index contributed by atoms with van der Waals surface area (Å²) < 4.78 is 0. The highest BCUT2D eigenvalue weighted by molar-refractivity contribution is 5.93. The number of hydrogen-bond acceptors (Lipinski definition) is 4. The molecule has 0 saturated carbocycles. The molecule has 0 aliphatic carbocycles. The lowest BCUT2D eigenvalue weighted by Crippen LogP contribution is -2.00. The predicted molar refractivity (Wildman–Crippen MR) is 55.2 cm³/mol. The van der Waals surface area contributed by atoms with Gasteiger partial charge in [-0.2, -0.15) is 0 Å². The maximum atomic E-state index is 10.8. The minimum atomic E-state index is -1.21. The van der Waals surface area contributed by atoms with Crippen LogP contribution < -0.4 is 0 Å². The number of rotatable bonds is 4. The van der Waals surface area contributed by atoms with Crippen molar-refractivity contribution >= 4 is 24.0 Å². The van der Waals surface area contributed by atoms with Crippen molar-refractivity contribution in [3.8, 4) is 0 Å². The zero-order chi connectivity index (χ0) is 12.1. The Kier molecular flexibility index (Phi) is 3.49. The highest BCUT2D eigenvalue weighted by Crippen LogP contribution is 2.19. The molecule has 0 amide bonds. The third kappa shape index (κ3) is 2.50. The summed E-state index contributed by atoms with van der Waals surface area (Å²) in [5.41, 5.74) is -0.201. The van der Waals surface area contributed by atoms with E-state index in [1.807, 2.05) is 0 Å². The van der Waals surface area contributed by atoms with Gasteiger partial charge in [-0.05, 0) is 17.7 Å². The first-order valence-corrected chi connectivity index (χ1v) is 4.20. The second-order valence-corrected chi connectivity index (χ2v) is 2.83. The lowest BCUT2D eigenvalue weighted by molar-refractivity contribution is -0.384. The molecule has 82 valence electrons. The van der Waals surface area contributed by atoms with Gasteiger partial charge in [0, 0.05) is 12.1 Å². The van der Waals surface area contributed by atoms with Crippen molar-refractivity contribution in [2.75, 3.05) is 0 Å². The van der Waals surface area contributed by atoms with Crippen LogP contribution in [0.15, 0.2) is 24.3 Å². The van der Waals surface area contributed by atoms with Crippen LogP contribution in [-0.4, -0.2) is 22.3 Å². The van der Waals surface area contributed by atoms with E-state index in [0.717, 1.165) is 24.3 Å². The molecule has 0 aliphatic heterocycles. The Morgan fingerprint density at radius 2 is 2.12 bits per heavy atom. The van der Waals surface area contributed by atoms with Gasteiger partial charge in [0.1, 0.15) is 6.29 Å². The van der Waals surface area contributed by atoms with Crippen LogP contribution in [-0.2, 0) is 4.79 Å². The Bertz CT molecular complexity index is 478. The van der Waals surface area contributed by atoms with Crippen LogP contribution in [0.4, 0.5) is 5.69 Å². The van der Waals surface area contributed by atoms with E-state index in [1.54, 1.807) is 0 Å². The summed E-state index contributed by atoms with van der Waals surface area (Å²) in [6, 6.07) is 3.33. The van der Waals surface area contributed by atoms with E-state index in [2.05, 4.69) is 0 Å². The number of carbonyl (C=O) groups is 2. The van der Waals surface area contributed by atoms with Crippen LogP contribution in [0.25, 0.3) is 6.08 Å². The minimum Gasteiger partial charge on any atom is -0.478 e. The van der Waals surface area contributed by atoms with Crippen LogP contribution in [0.1, 0.15) is 15.9 Å². The molecule has 1 N–H and O–H groups in total. The monoisotopic (exact) mass is 221 g/mol. The first-order chi connectivity index (χ1) is 7.56. The summed E-state index contributed by atoms with van der Waals surface area (Å²) in [5, 5.41) is 19.3. The van der Waals surface area contributed by atoms with Crippen molar-refractivity contribution in [1.29, 1.82) is 0 Å². The first-order valence-electron chi connectivity index (χ1n) is 4.20. The maximum absolute atomic E-state index is 10.8. The SMILES string of the molecule is O=CC=Cc1cc([N+](=O)[O-])ccc1C(=O)O. The number of aldehydes is 1. The van der Waals surface area contributed by atoms with Gasteiger partial charge in [-0.3, -0.25) is 14.9 Å². The van der Waals surface area contributed by atoms with Gasteiger partial charge in [0.25, 0.3) is 5.69 Å². The molecule has 0 unspecified atom stereocenters. The van der Waals surface area contributed by atoms with Crippen LogP contribution in [0, 0.1) is 10.1 Å². The highest BCUT2D eigenvalue weighted by atomic mass is 16.6. The second kappa shape index (κ2) is 4.83. The first kappa shape index (κ1) is 11.6. The number of non-ortho nitro benzene ring substituents is 1. The van der Waals surface area contributed by atoms with Gasteiger partial charge >= 0.3 is 5.97 Å². The molecule has 0 fully saturated rings. The summed E-state index contributed by atoms with van der Waals surface area (Å²) >= 11 is 0. The number of hydrogen-bond donors (Lipinski definition) is 1. The van der Waals surface area contributed by atoms with Gasteiger partial charge in [0.15, 0.2) is 0 Å². The summed E-state index contributed by atoms with van der Waals surface area (Å²) in [6.45, 7) is 0. The summed E-state index contributed by atoms with van der Waals surface area (Å²) in [7, 11) is 0. The van der Waals surface area contributed by atoms with Gasteiger partial charge in [0.05, 0.1) is 10.5 Å². The van der Waals surface area contributed by atoms with Crippen LogP contribution >= 0.6 is 0 Å². The van der Waals surface area contributed by atoms with Gasteiger partial charge in [-0.1, -0.05) is 6.08 Å². The Hall–Kier alpha value is -2.50. The molecule has 0 bridgehead atoms. The number of carboxylic acids is 1. The molecule has 6 heteroatoms. The van der Waals surface area contributed by atoms with E-state index in [1.165, 1.54) is 6.08 Å². The van der Waals surface area contributed by atoms with E-state index in [9.17, 15) is 19.7 Å². The van der Waals surface area contributed by atoms with Gasteiger partial charge in [-0.25, -0.2) is 4.79 Å². The average Bonchev–Trinajstić information content (AvgIpc) is 2.25. The van der Waals surface area contributed by atoms with Crippen molar-refractivity contribution in [2.45, 2.75) is 0 Å². The molecule has 16 heavy (non-hydrogen) atoms. The van der Waals surface area contributed by atoms with E-state index in [4.69, 9.17) is 5.11 Å². The van der Waals surface area contributed by atoms with Crippen molar-refractivity contribution < 1.29 is 19.6 Å². The summed E-state index contributed by atoms with van der Waals surface area (Å²) in [6.07, 6.45) is 2.75. The van der Waals surface area contributed by atoms with E-state index < -0.39 is 10.9 Å². The second-order valence-electron chi connectivity index (χ2n) is 2.83. The van der Waals surface area contributed by atoms with Crippen molar-refractivity contribution in [3.63, 3.8) is 0 Å². The molecule has 0 spiro atoms. The number of nitro benzene ring substituents is 1. The molecule has 1 rings (SSSR count). The zero-order valence-electron chi connectivity index (χ0n) is 7.99. The Morgan fingerprint density at radius 3 is 2.62 bits per heavy atom. The van der Waals surface area contributed by atoms with Gasteiger partial charge in [0.2, 0.25) is 0 Å². The quantitative estimate of drug-likeness (QED) is 0.359. The summed E-state index contributed by atoms with van der Waals surface area (Å²) in [4.78, 5) is 30.7. The molecule has 0 atom stereocenters. The smallest absolute Gasteiger partial charge is 0.336 e. The van der Waals surface area contributed by atoms with Crippen LogP contribution in [0.3, 0.4) is 0 Å². The van der Waals surface area contributed by atoms with Crippen LogP contribution in [0.2, 0.25) is 0 Å². The summed E-state index contributed by atoms with van der Waals surface area (Å²) in [5.74, 6) is -1.21. The molecule has 0 saturated heterocycles. The molecule has 1 aromatic rings. The molecular weight excluding hydrogens is 214 g/mol. The predicted octanol–water partition coefficient (Wildman–Crippen LogP) is 1.51. The number of nitrogens with zero attached hydrogens (tertiary/aromatic N) is 1. The number of allylic oxidation sites excluding steroid dienone is 1. The van der Waals surface area contributed by atoms with Crippen LogP contribution in [0.5, 0.6) is 0 Å². The Labute approximate surface area is 90.0 Å². The fraction of sp³-hybridized carbons (Fsp3) is 0. The lowest BCUT2D eigenvalue weighted by atomic mass is 10.1. The Morgan fingerprint density at radius 1 is 1.44 bits per heavy atom. The van der Waals surface area contributed by atoms with Crippen molar-refractivity contribution in [1.82, 2.24) is 0 Å². The third-order valence-corrected chi connectivity index (χ3v) is 1.83. The van der Waals surface area contributed by atoms with E-state index in [0.29, 0.717) is 6.29 Å². The maximum Gasteiger partial charge on any atom is 0.336 e. The molecule has 0 radical (unpaired) electrons. The minimum absolute atomic E-state index is 0.0938. The number of benzene rings is 1. The molecule has 0 heterocycles. The van der Waals surface area contributed by atoms with Crippen molar-refractivity contribution in [3.05, 3.63) is 45.5 Å². The molecule has 1 aromatic carbocycles. The molecular formula is C10H7NO5. The van der Waals surface area contributed by atoms with Gasteiger partial charge < -0.3 is 5.11 Å². The number of nitro groups is 1. The lowest BCUT2D eigenvalue weighted by Gasteiger charge is -2.00. The standard InChI is InChI=1S/C10H7NO5/c12-5-1-2-7-6-8(11(15)16)3-4-9(7)10(13)14/h1-6H,(H,13,14). The fourth-order valence-electron chi connectivity index (χ4n) is 1.14. The molecule has 6 nitrogen and oxygen atoms in total. The number of aromatic carboxylic acids is 1. The highest BCUT2D eigenvalue weighted by Gasteiger charge is 2.13. The van der Waals surface area contributed by atoms with Gasteiger partial charge in [-0.15, -0.1) is 0 Å². The van der Waals surface area contributed by atoms with E-state index in [-0.39, 0.29) is 16.8 Å². The normalized spacial score (nSPS) is 10.2. The topological polar surface area (TPSA) is 97.5 Å². The zero-order valence-corrected chi connectivity index (χ0v) is 7.99. The molecule has 0 aromatic heterocycles.